The van der Waals surface area contributed by atoms with Crippen molar-refractivity contribution < 1.29 is 33.3 Å². The molecule has 2 rings (SSSR count). The van der Waals surface area contributed by atoms with Crippen molar-refractivity contribution in [1.29, 1.82) is 0 Å². The Hall–Kier alpha value is -3.48. The van der Waals surface area contributed by atoms with Crippen molar-refractivity contribution in [1.82, 2.24) is 0 Å². The van der Waals surface area contributed by atoms with E-state index >= 15 is 0 Å². The molecule has 0 spiro atoms. The molecule has 0 aliphatic carbocycles. The van der Waals surface area contributed by atoms with Crippen LogP contribution in [0.1, 0.15) is 43.7 Å². The van der Waals surface area contributed by atoms with Gasteiger partial charge in [-0.05, 0) is 41.8 Å². The maximum absolute atomic E-state index is 12.2. The molecule has 7 nitrogen and oxygen atoms in total. The number of ketones is 1. The number of esters is 1. The van der Waals surface area contributed by atoms with Crippen LogP contribution in [0.25, 0.3) is 12.2 Å². The molecule has 0 aliphatic heterocycles. The number of carbonyl (C=O) groups excluding carboxylic acids is 2. The molecule has 0 heterocycles. The van der Waals surface area contributed by atoms with Gasteiger partial charge in [0, 0.05) is 19.3 Å². The summed E-state index contributed by atoms with van der Waals surface area (Å²) in [6.45, 7) is 1.81. The Morgan fingerprint density at radius 3 is 1.91 bits per heavy atom. The third-order valence-electron chi connectivity index (χ3n) is 4.80. The summed E-state index contributed by atoms with van der Waals surface area (Å²) < 4.78 is 26.9. The summed E-state index contributed by atoms with van der Waals surface area (Å²) >= 11 is 0. The van der Waals surface area contributed by atoms with Gasteiger partial charge in [-0.2, -0.15) is 0 Å². The van der Waals surface area contributed by atoms with E-state index in [0.717, 1.165) is 11.1 Å². The number of hydrogen-bond donors (Lipinski definition) is 0. The monoisotopic (exact) mass is 442 g/mol. The quantitative estimate of drug-likeness (QED) is 0.261. The predicted molar refractivity (Wildman–Crippen MR) is 123 cm³/mol. The highest BCUT2D eigenvalue weighted by atomic mass is 16.6. The van der Waals surface area contributed by atoms with Crippen LogP contribution >= 0.6 is 0 Å². The molecule has 0 aliphatic rings. The first-order valence-corrected chi connectivity index (χ1v) is 10.3. The molecule has 0 amide bonds. The lowest BCUT2D eigenvalue weighted by Crippen LogP contribution is -2.09. The number of benzene rings is 2. The average molecular weight is 443 g/mol. The van der Waals surface area contributed by atoms with Crippen LogP contribution in [-0.4, -0.2) is 40.2 Å². The minimum Gasteiger partial charge on any atom is -0.493 e. The van der Waals surface area contributed by atoms with E-state index in [1.807, 2.05) is 37.3 Å². The summed E-state index contributed by atoms with van der Waals surface area (Å²) in [5.41, 5.74) is 1.65. The molecule has 0 saturated heterocycles. The second kappa shape index (κ2) is 12.4. The van der Waals surface area contributed by atoms with Crippen LogP contribution in [0.5, 0.6) is 28.7 Å². The first-order chi connectivity index (χ1) is 15.4. The fraction of sp³-hybridized carbons (Fsp3) is 0.360. The van der Waals surface area contributed by atoms with Gasteiger partial charge >= 0.3 is 5.97 Å². The molecule has 0 saturated carbocycles. The van der Waals surface area contributed by atoms with E-state index in [1.165, 1.54) is 7.11 Å². The van der Waals surface area contributed by atoms with Crippen molar-refractivity contribution in [3.05, 3.63) is 41.5 Å². The number of rotatable bonds is 12. The number of hydrogen-bond acceptors (Lipinski definition) is 7. The zero-order chi connectivity index (χ0) is 23.5. The zero-order valence-corrected chi connectivity index (χ0v) is 19.2. The lowest BCUT2D eigenvalue weighted by atomic mass is 10.1. The minimum atomic E-state index is -0.405. The van der Waals surface area contributed by atoms with Gasteiger partial charge in [0.15, 0.2) is 23.0 Å². The largest absolute Gasteiger partial charge is 0.493 e. The SMILES string of the molecule is CCC(=O)CCCC(=O)Oc1cc(/C=C\c2cc(OC)c(OC)c(OC)c2)ccc1OC. The molecule has 0 atom stereocenters. The summed E-state index contributed by atoms with van der Waals surface area (Å²) in [4.78, 5) is 23.6. The van der Waals surface area contributed by atoms with Gasteiger partial charge in [-0.3, -0.25) is 9.59 Å². The Bertz CT molecular complexity index is 938. The summed E-state index contributed by atoms with van der Waals surface area (Å²) in [5.74, 6) is 2.13. The highest BCUT2D eigenvalue weighted by Crippen LogP contribution is 2.38. The van der Waals surface area contributed by atoms with E-state index < -0.39 is 5.97 Å². The van der Waals surface area contributed by atoms with E-state index in [9.17, 15) is 9.59 Å². The third-order valence-corrected chi connectivity index (χ3v) is 4.80. The van der Waals surface area contributed by atoms with Gasteiger partial charge in [0.1, 0.15) is 5.78 Å². The topological polar surface area (TPSA) is 80.3 Å². The number of ether oxygens (including phenoxy) is 5. The Morgan fingerprint density at radius 1 is 0.750 bits per heavy atom. The Balaban J connectivity index is 2.18. The van der Waals surface area contributed by atoms with Crippen LogP contribution in [0.2, 0.25) is 0 Å². The van der Waals surface area contributed by atoms with Gasteiger partial charge in [-0.25, -0.2) is 0 Å². The maximum Gasteiger partial charge on any atom is 0.311 e. The molecule has 0 aromatic heterocycles. The van der Waals surface area contributed by atoms with Crippen molar-refractivity contribution in [3.63, 3.8) is 0 Å². The lowest BCUT2D eigenvalue weighted by Gasteiger charge is -2.13. The molecule has 7 heteroatoms. The molecule has 0 N–H and O–H groups in total. The first kappa shape index (κ1) is 24.8. The van der Waals surface area contributed by atoms with Crippen LogP contribution in [0.3, 0.4) is 0 Å². The number of methoxy groups -OCH3 is 4. The van der Waals surface area contributed by atoms with Crippen molar-refractivity contribution in [2.75, 3.05) is 28.4 Å². The normalized spacial score (nSPS) is 10.7. The zero-order valence-electron chi connectivity index (χ0n) is 19.2. The standard InChI is InChI=1S/C25H30O7/c1-6-19(26)8-7-9-24(27)32-21-14-17(12-13-20(21)28-2)10-11-18-15-22(29-3)25(31-5)23(16-18)30-4/h10-16H,6-9H2,1-5H3/b11-10-. The lowest BCUT2D eigenvalue weighted by molar-refractivity contribution is -0.134. The highest BCUT2D eigenvalue weighted by Gasteiger charge is 2.13. The summed E-state index contributed by atoms with van der Waals surface area (Å²) in [6, 6.07) is 8.98. The van der Waals surface area contributed by atoms with Crippen molar-refractivity contribution in [2.45, 2.75) is 32.6 Å². The van der Waals surface area contributed by atoms with Gasteiger partial charge in [0.05, 0.1) is 28.4 Å². The molecule has 32 heavy (non-hydrogen) atoms. The van der Waals surface area contributed by atoms with Gasteiger partial charge in [-0.15, -0.1) is 0 Å². The minimum absolute atomic E-state index is 0.134. The fourth-order valence-electron chi connectivity index (χ4n) is 3.05. The first-order valence-electron chi connectivity index (χ1n) is 10.3. The van der Waals surface area contributed by atoms with Crippen molar-refractivity contribution >= 4 is 23.9 Å². The molecule has 2 aromatic rings. The van der Waals surface area contributed by atoms with Gasteiger partial charge in [-0.1, -0.05) is 25.1 Å². The van der Waals surface area contributed by atoms with E-state index in [-0.39, 0.29) is 12.2 Å². The molecular weight excluding hydrogens is 412 g/mol. The number of Topliss-reactive ketones (excluding diaryl/α,β-unsaturated/α-hetero) is 1. The van der Waals surface area contributed by atoms with E-state index in [0.29, 0.717) is 48.0 Å². The van der Waals surface area contributed by atoms with Gasteiger partial charge in [0.2, 0.25) is 5.75 Å². The molecule has 0 radical (unpaired) electrons. The average Bonchev–Trinajstić information content (AvgIpc) is 2.81. The van der Waals surface area contributed by atoms with Crippen molar-refractivity contribution in [2.24, 2.45) is 0 Å². The molecule has 0 unspecified atom stereocenters. The Morgan fingerprint density at radius 2 is 1.34 bits per heavy atom. The van der Waals surface area contributed by atoms with E-state index in [4.69, 9.17) is 23.7 Å². The number of carbonyl (C=O) groups is 2. The van der Waals surface area contributed by atoms with Crippen LogP contribution in [0, 0.1) is 0 Å². The maximum atomic E-state index is 12.2. The van der Waals surface area contributed by atoms with Crippen LogP contribution in [0.15, 0.2) is 30.3 Å². The third kappa shape index (κ3) is 6.77. The second-order valence-corrected chi connectivity index (χ2v) is 6.92. The van der Waals surface area contributed by atoms with E-state index in [2.05, 4.69) is 0 Å². The Labute approximate surface area is 188 Å². The Kier molecular flexibility index (Phi) is 9.60. The predicted octanol–water partition coefficient (Wildman–Crippen LogP) is 4.95. The van der Waals surface area contributed by atoms with Crippen LogP contribution in [0.4, 0.5) is 0 Å². The van der Waals surface area contributed by atoms with Gasteiger partial charge in [0.25, 0.3) is 0 Å². The molecule has 172 valence electrons. The molecule has 0 bridgehead atoms. The summed E-state index contributed by atoms with van der Waals surface area (Å²) in [7, 11) is 6.19. The van der Waals surface area contributed by atoms with Crippen LogP contribution in [-0.2, 0) is 9.59 Å². The van der Waals surface area contributed by atoms with E-state index in [1.54, 1.807) is 33.5 Å². The molecular formula is C25H30O7. The molecule has 2 aromatic carbocycles. The van der Waals surface area contributed by atoms with Crippen LogP contribution < -0.4 is 23.7 Å². The summed E-state index contributed by atoms with van der Waals surface area (Å²) in [6.07, 6.45) is 5.24. The fourth-order valence-corrected chi connectivity index (χ4v) is 3.05. The summed E-state index contributed by atoms with van der Waals surface area (Å²) in [5, 5.41) is 0. The van der Waals surface area contributed by atoms with Gasteiger partial charge < -0.3 is 23.7 Å². The highest BCUT2D eigenvalue weighted by molar-refractivity contribution is 5.79. The van der Waals surface area contributed by atoms with Crippen molar-refractivity contribution in [3.8, 4) is 28.7 Å². The second-order valence-electron chi connectivity index (χ2n) is 6.92. The smallest absolute Gasteiger partial charge is 0.311 e. The molecule has 0 fully saturated rings.